The van der Waals surface area contributed by atoms with Crippen LogP contribution in [0.5, 0.6) is 5.75 Å². The Bertz CT molecular complexity index is 770. The average Bonchev–Trinajstić information content (AvgIpc) is 2.62. The normalized spacial score (nSPS) is 12.4. The molecule has 2 aromatic rings. The number of benzene rings is 2. The van der Waals surface area contributed by atoms with Gasteiger partial charge in [0.2, 0.25) is 5.91 Å². The first-order chi connectivity index (χ1) is 11.5. The minimum atomic E-state index is -3.65. The summed E-state index contributed by atoms with van der Waals surface area (Å²) in [5.74, 6) is 0.408. The number of nitrogens with one attached hydrogen (secondary N) is 1. The van der Waals surface area contributed by atoms with Gasteiger partial charge in [-0.3, -0.25) is 4.79 Å². The van der Waals surface area contributed by atoms with Crippen LogP contribution >= 0.6 is 0 Å². The van der Waals surface area contributed by atoms with E-state index in [2.05, 4.69) is 5.32 Å². The lowest BCUT2D eigenvalue weighted by Gasteiger charge is -2.19. The number of carbonyl (C=O) groups is 1. The second kappa shape index (κ2) is 7.97. The zero-order valence-corrected chi connectivity index (χ0v) is 14.5. The third kappa shape index (κ3) is 4.14. The minimum Gasteiger partial charge on any atom is -0.497 e. The molecule has 0 aromatic heterocycles. The van der Waals surface area contributed by atoms with E-state index in [4.69, 9.17) is 4.74 Å². The van der Waals surface area contributed by atoms with E-state index in [1.165, 1.54) is 19.2 Å². The monoisotopic (exact) mass is 347 g/mol. The van der Waals surface area contributed by atoms with Crippen LogP contribution in [0.2, 0.25) is 0 Å². The Morgan fingerprint density at radius 2 is 1.71 bits per heavy atom. The van der Waals surface area contributed by atoms with Crippen LogP contribution in [-0.4, -0.2) is 28.0 Å². The molecule has 1 unspecified atom stereocenters. The lowest BCUT2D eigenvalue weighted by atomic mass is 10.1. The van der Waals surface area contributed by atoms with E-state index in [1.807, 2.05) is 6.07 Å². The van der Waals surface area contributed by atoms with Crippen LogP contribution in [-0.2, 0) is 14.6 Å². The van der Waals surface area contributed by atoms with E-state index in [0.717, 1.165) is 0 Å². The quantitative estimate of drug-likeness (QED) is 0.836. The highest BCUT2D eigenvalue weighted by molar-refractivity contribution is 7.91. The summed E-state index contributed by atoms with van der Waals surface area (Å²) in [5.41, 5.74) is 0.643. The Morgan fingerprint density at radius 1 is 1.08 bits per heavy atom. The first-order valence-corrected chi connectivity index (χ1v) is 9.23. The Kier molecular flexibility index (Phi) is 5.98. The van der Waals surface area contributed by atoms with Crippen LogP contribution < -0.4 is 10.1 Å². The third-order valence-corrected chi connectivity index (χ3v) is 5.86. The van der Waals surface area contributed by atoms with Crippen molar-refractivity contribution >= 4 is 15.7 Å². The van der Waals surface area contributed by atoms with Gasteiger partial charge in [-0.1, -0.05) is 37.3 Å². The molecule has 0 bridgehead atoms. The van der Waals surface area contributed by atoms with Crippen molar-refractivity contribution in [2.24, 2.45) is 0 Å². The maximum absolute atomic E-state index is 13.0. The van der Waals surface area contributed by atoms with E-state index in [-0.39, 0.29) is 17.3 Å². The number of carbonyl (C=O) groups excluding carboxylic acids is 1. The van der Waals surface area contributed by atoms with E-state index in [1.54, 1.807) is 43.3 Å². The number of sulfone groups is 1. The van der Waals surface area contributed by atoms with Gasteiger partial charge in [-0.25, -0.2) is 8.42 Å². The molecule has 24 heavy (non-hydrogen) atoms. The van der Waals surface area contributed by atoms with Gasteiger partial charge < -0.3 is 10.1 Å². The summed E-state index contributed by atoms with van der Waals surface area (Å²) < 4.78 is 31.2. The summed E-state index contributed by atoms with van der Waals surface area (Å²) in [7, 11) is -2.13. The molecule has 0 saturated carbocycles. The van der Waals surface area contributed by atoms with Gasteiger partial charge in [0.1, 0.15) is 11.0 Å². The summed E-state index contributed by atoms with van der Waals surface area (Å²) in [6.07, 6.45) is 0.310. The number of ether oxygens (including phenoxy) is 1. The van der Waals surface area contributed by atoms with E-state index < -0.39 is 15.1 Å². The first-order valence-electron chi connectivity index (χ1n) is 7.68. The highest BCUT2D eigenvalue weighted by atomic mass is 32.2. The molecule has 0 aliphatic rings. The molecule has 1 atom stereocenters. The summed E-state index contributed by atoms with van der Waals surface area (Å²) in [6.45, 7) is 1.76. The van der Waals surface area contributed by atoms with Gasteiger partial charge in [-0.15, -0.1) is 0 Å². The van der Waals surface area contributed by atoms with Crippen molar-refractivity contribution in [1.82, 2.24) is 5.32 Å². The number of hydrogen-bond donors (Lipinski definition) is 1. The second-order valence-electron chi connectivity index (χ2n) is 5.28. The van der Waals surface area contributed by atoms with Crippen molar-refractivity contribution in [3.8, 4) is 5.75 Å². The molecule has 6 heteroatoms. The van der Waals surface area contributed by atoms with Crippen LogP contribution in [0.4, 0.5) is 0 Å². The highest BCUT2D eigenvalue weighted by Gasteiger charge is 2.29. The molecule has 0 radical (unpaired) electrons. The Hall–Kier alpha value is -2.34. The van der Waals surface area contributed by atoms with Crippen LogP contribution in [0.25, 0.3) is 0 Å². The van der Waals surface area contributed by atoms with Crippen LogP contribution in [0.15, 0.2) is 59.5 Å². The smallest absolute Gasteiger partial charge is 0.219 e. The molecule has 128 valence electrons. The molecule has 0 aliphatic carbocycles. The average molecular weight is 347 g/mol. The van der Waals surface area contributed by atoms with Crippen molar-refractivity contribution in [1.29, 1.82) is 0 Å². The van der Waals surface area contributed by atoms with Crippen molar-refractivity contribution in [2.45, 2.75) is 23.5 Å². The number of rotatable bonds is 7. The Balaban J connectivity index is 2.38. The zero-order chi connectivity index (χ0) is 17.6. The van der Waals surface area contributed by atoms with E-state index >= 15 is 0 Å². The molecule has 5 nitrogen and oxygen atoms in total. The van der Waals surface area contributed by atoms with Crippen molar-refractivity contribution in [3.63, 3.8) is 0 Å². The molecule has 0 fully saturated rings. The number of hydrogen-bond acceptors (Lipinski definition) is 4. The van der Waals surface area contributed by atoms with Gasteiger partial charge in [-0.2, -0.15) is 0 Å². The van der Waals surface area contributed by atoms with Crippen molar-refractivity contribution in [3.05, 3.63) is 60.2 Å². The topological polar surface area (TPSA) is 72.5 Å². The maximum Gasteiger partial charge on any atom is 0.219 e. The standard InChI is InChI=1S/C18H21NO4S/c1-3-18(20)19-13-17(14-7-5-4-6-8-14)24(21,22)16-11-9-15(23-2)10-12-16/h4-12,17H,3,13H2,1-2H3,(H,19,20). The third-order valence-electron chi connectivity index (χ3n) is 3.74. The first kappa shape index (κ1) is 18.0. The van der Waals surface area contributed by atoms with Gasteiger partial charge in [0.25, 0.3) is 0 Å². The number of amides is 1. The van der Waals surface area contributed by atoms with Gasteiger partial charge in [0.05, 0.1) is 12.0 Å². The second-order valence-corrected chi connectivity index (χ2v) is 7.41. The summed E-state index contributed by atoms with van der Waals surface area (Å²) in [4.78, 5) is 11.8. The maximum atomic E-state index is 13.0. The van der Waals surface area contributed by atoms with Crippen LogP contribution in [0.3, 0.4) is 0 Å². The molecular weight excluding hydrogens is 326 g/mol. The van der Waals surface area contributed by atoms with E-state index in [0.29, 0.717) is 17.7 Å². The molecular formula is C18H21NO4S. The largest absolute Gasteiger partial charge is 0.497 e. The molecule has 0 saturated heterocycles. The van der Waals surface area contributed by atoms with Gasteiger partial charge in [0.15, 0.2) is 9.84 Å². The lowest BCUT2D eigenvalue weighted by Crippen LogP contribution is -2.31. The zero-order valence-electron chi connectivity index (χ0n) is 13.7. The molecule has 0 heterocycles. The Labute approximate surface area is 142 Å². The highest BCUT2D eigenvalue weighted by Crippen LogP contribution is 2.29. The lowest BCUT2D eigenvalue weighted by molar-refractivity contribution is -0.120. The van der Waals surface area contributed by atoms with Gasteiger partial charge >= 0.3 is 0 Å². The fraction of sp³-hybridized carbons (Fsp3) is 0.278. The molecule has 2 aromatic carbocycles. The molecule has 0 aliphatic heterocycles. The predicted molar refractivity (Wildman–Crippen MR) is 92.7 cm³/mol. The number of methoxy groups -OCH3 is 1. The fourth-order valence-corrected chi connectivity index (χ4v) is 4.00. The fourth-order valence-electron chi connectivity index (χ4n) is 2.34. The molecule has 1 amide bonds. The Morgan fingerprint density at radius 3 is 2.25 bits per heavy atom. The van der Waals surface area contributed by atoms with Crippen molar-refractivity contribution in [2.75, 3.05) is 13.7 Å². The predicted octanol–water partition coefficient (Wildman–Crippen LogP) is 2.74. The van der Waals surface area contributed by atoms with Crippen molar-refractivity contribution < 1.29 is 17.9 Å². The molecule has 2 rings (SSSR count). The van der Waals surface area contributed by atoms with Gasteiger partial charge in [-0.05, 0) is 29.8 Å². The summed E-state index contributed by atoms with van der Waals surface area (Å²) >= 11 is 0. The van der Waals surface area contributed by atoms with Crippen LogP contribution in [0.1, 0.15) is 24.2 Å². The minimum absolute atomic E-state index is 0.0328. The van der Waals surface area contributed by atoms with E-state index in [9.17, 15) is 13.2 Å². The van der Waals surface area contributed by atoms with Gasteiger partial charge in [0, 0.05) is 13.0 Å². The van der Waals surface area contributed by atoms with Crippen LogP contribution in [0, 0.1) is 0 Å². The molecule has 0 spiro atoms. The molecule has 1 N–H and O–H groups in total. The summed E-state index contributed by atoms with van der Waals surface area (Å²) in [6, 6.07) is 15.2. The SMILES string of the molecule is CCC(=O)NCC(c1ccccc1)S(=O)(=O)c1ccc(OC)cc1. The summed E-state index contributed by atoms with van der Waals surface area (Å²) in [5, 5.41) is 1.84.